The van der Waals surface area contributed by atoms with Crippen molar-refractivity contribution in [2.75, 3.05) is 35.6 Å². The van der Waals surface area contributed by atoms with Crippen LogP contribution in [0.2, 0.25) is 5.15 Å². The van der Waals surface area contributed by atoms with Crippen LogP contribution in [0.15, 0.2) is 35.5 Å². The van der Waals surface area contributed by atoms with Gasteiger partial charge in [0, 0.05) is 43.3 Å². The van der Waals surface area contributed by atoms with E-state index < -0.39 is 0 Å². The van der Waals surface area contributed by atoms with E-state index in [4.69, 9.17) is 11.6 Å². The lowest BCUT2D eigenvalue weighted by atomic mass is 9.88. The smallest absolute Gasteiger partial charge is 0.234 e. The van der Waals surface area contributed by atoms with Gasteiger partial charge in [-0.25, -0.2) is 9.97 Å². The second-order valence-corrected chi connectivity index (χ2v) is 10.5. The molecule has 0 spiro atoms. The van der Waals surface area contributed by atoms with Crippen LogP contribution in [0.3, 0.4) is 0 Å². The largest absolute Gasteiger partial charge is 0.353 e. The Morgan fingerprint density at radius 1 is 1.12 bits per heavy atom. The van der Waals surface area contributed by atoms with Crippen molar-refractivity contribution in [1.82, 2.24) is 14.9 Å². The molecule has 0 bridgehead atoms. The van der Waals surface area contributed by atoms with Crippen LogP contribution in [0, 0.1) is 12.8 Å². The number of hydrogen-bond donors (Lipinski definition) is 1. The number of rotatable bonds is 6. The van der Waals surface area contributed by atoms with Crippen molar-refractivity contribution in [3.63, 3.8) is 0 Å². The summed E-state index contributed by atoms with van der Waals surface area (Å²) in [4.78, 5) is 38.5. The van der Waals surface area contributed by atoms with Crippen LogP contribution in [-0.2, 0) is 9.59 Å². The van der Waals surface area contributed by atoms with Crippen LogP contribution < -0.4 is 10.2 Å². The van der Waals surface area contributed by atoms with Crippen molar-refractivity contribution in [3.8, 4) is 0 Å². The van der Waals surface area contributed by atoms with Gasteiger partial charge < -0.3 is 15.1 Å². The highest BCUT2D eigenvalue weighted by atomic mass is 35.5. The number of nitrogens with zero attached hydrogens (tertiary/aromatic N) is 4. The monoisotopic (exact) mass is 501 g/mol. The van der Waals surface area contributed by atoms with Crippen LogP contribution in [0.1, 0.15) is 44.6 Å². The van der Waals surface area contributed by atoms with Gasteiger partial charge in [0.1, 0.15) is 11.0 Å². The maximum atomic E-state index is 13.0. The number of hydrogen-bond acceptors (Lipinski definition) is 6. The number of aromatic nitrogens is 2. The number of aryl methyl sites for hydroxylation is 1. The molecule has 1 saturated carbocycles. The van der Waals surface area contributed by atoms with Gasteiger partial charge in [-0.1, -0.05) is 60.3 Å². The molecule has 1 atom stereocenters. The highest BCUT2D eigenvalue weighted by Gasteiger charge is 2.33. The summed E-state index contributed by atoms with van der Waals surface area (Å²) < 4.78 is 0. The summed E-state index contributed by atoms with van der Waals surface area (Å²) in [6.07, 6.45) is 5.60. The third-order valence-electron chi connectivity index (χ3n) is 6.52. The summed E-state index contributed by atoms with van der Waals surface area (Å²) in [7, 11) is 0. The molecule has 1 N–H and O–H groups in total. The number of benzene rings is 1. The lowest BCUT2D eigenvalue weighted by molar-refractivity contribution is -0.139. The minimum atomic E-state index is -0.123. The van der Waals surface area contributed by atoms with Crippen LogP contribution in [0.4, 0.5) is 11.5 Å². The zero-order valence-electron chi connectivity index (χ0n) is 19.8. The molecule has 34 heavy (non-hydrogen) atoms. The van der Waals surface area contributed by atoms with Gasteiger partial charge in [0.2, 0.25) is 11.8 Å². The van der Waals surface area contributed by atoms with E-state index in [9.17, 15) is 9.59 Å². The molecule has 1 aliphatic heterocycles. The van der Waals surface area contributed by atoms with Crippen molar-refractivity contribution >= 4 is 46.7 Å². The maximum Gasteiger partial charge on any atom is 0.234 e. The number of carbonyl (C=O) groups is 2. The molecular weight excluding hydrogens is 470 g/mol. The molecular formula is C25H32ClN5O2S. The highest BCUT2D eigenvalue weighted by Crippen LogP contribution is 2.28. The van der Waals surface area contributed by atoms with E-state index in [0.717, 1.165) is 42.8 Å². The van der Waals surface area contributed by atoms with E-state index in [2.05, 4.69) is 27.1 Å². The third-order valence-corrected chi connectivity index (χ3v) is 7.56. The number of halogens is 1. The number of carbonyl (C=O) groups excluding carboxylic acids is 2. The molecule has 1 aromatic carbocycles. The van der Waals surface area contributed by atoms with Gasteiger partial charge in [0.05, 0.1) is 5.75 Å². The SMILES string of the molecule is Cc1ccc(NC(=O)CSc2nc(Cl)cc(N3CCN(C(=O)C4CCCCC4)[C@@H](C)C3)n2)cc1. The van der Waals surface area contributed by atoms with E-state index in [0.29, 0.717) is 35.9 Å². The fourth-order valence-corrected chi connectivity index (χ4v) is 5.53. The molecule has 182 valence electrons. The zero-order chi connectivity index (χ0) is 24.1. The maximum absolute atomic E-state index is 13.0. The van der Waals surface area contributed by atoms with E-state index in [1.807, 2.05) is 36.1 Å². The molecule has 0 radical (unpaired) electrons. The van der Waals surface area contributed by atoms with Crippen LogP contribution >= 0.6 is 23.4 Å². The number of thioether (sulfide) groups is 1. The van der Waals surface area contributed by atoms with Gasteiger partial charge in [-0.2, -0.15) is 0 Å². The van der Waals surface area contributed by atoms with Gasteiger partial charge in [-0.15, -0.1) is 0 Å². The van der Waals surface area contributed by atoms with Crippen LogP contribution in [0.25, 0.3) is 0 Å². The van der Waals surface area contributed by atoms with E-state index in [-0.39, 0.29) is 23.6 Å². The molecule has 7 nitrogen and oxygen atoms in total. The van der Waals surface area contributed by atoms with Crippen LogP contribution in [0.5, 0.6) is 0 Å². The Bertz CT molecular complexity index is 1010. The molecule has 1 aromatic heterocycles. The van der Waals surface area contributed by atoms with Gasteiger partial charge in [-0.05, 0) is 38.8 Å². The molecule has 1 saturated heterocycles. The average Bonchev–Trinajstić information content (AvgIpc) is 2.84. The minimum absolute atomic E-state index is 0.105. The summed E-state index contributed by atoms with van der Waals surface area (Å²) in [5, 5.41) is 3.70. The predicted octanol–water partition coefficient (Wildman–Crippen LogP) is 4.79. The summed E-state index contributed by atoms with van der Waals surface area (Å²) in [5.74, 6) is 1.29. The summed E-state index contributed by atoms with van der Waals surface area (Å²) in [5.41, 5.74) is 1.90. The molecule has 2 aromatic rings. The van der Waals surface area contributed by atoms with Gasteiger partial charge in [0.15, 0.2) is 5.16 Å². The first-order valence-electron chi connectivity index (χ1n) is 12.0. The fourth-order valence-electron chi connectivity index (χ4n) is 4.65. The lowest BCUT2D eigenvalue weighted by Crippen LogP contribution is -2.55. The van der Waals surface area contributed by atoms with Crippen molar-refractivity contribution in [1.29, 1.82) is 0 Å². The molecule has 0 unspecified atom stereocenters. The summed E-state index contributed by atoms with van der Waals surface area (Å²) in [6.45, 7) is 6.18. The van der Waals surface area contributed by atoms with Crippen molar-refractivity contribution < 1.29 is 9.59 Å². The first-order valence-corrected chi connectivity index (χ1v) is 13.3. The zero-order valence-corrected chi connectivity index (χ0v) is 21.4. The van der Waals surface area contributed by atoms with E-state index >= 15 is 0 Å². The van der Waals surface area contributed by atoms with Gasteiger partial charge in [-0.3, -0.25) is 9.59 Å². The Balaban J connectivity index is 1.34. The molecule has 2 aliphatic rings. The topological polar surface area (TPSA) is 78.4 Å². The summed E-state index contributed by atoms with van der Waals surface area (Å²) in [6, 6.07) is 9.53. The molecule has 2 amide bonds. The Morgan fingerprint density at radius 3 is 2.56 bits per heavy atom. The van der Waals surface area contributed by atoms with Gasteiger partial charge >= 0.3 is 0 Å². The van der Waals surface area contributed by atoms with E-state index in [1.54, 1.807) is 6.07 Å². The molecule has 2 fully saturated rings. The normalized spacial score (nSPS) is 19.2. The fraction of sp³-hybridized carbons (Fsp3) is 0.520. The molecule has 1 aliphatic carbocycles. The average molecular weight is 502 g/mol. The quantitative estimate of drug-likeness (QED) is 0.348. The van der Waals surface area contributed by atoms with Gasteiger partial charge in [0.25, 0.3) is 0 Å². The first kappa shape index (κ1) is 24.8. The Labute approximate surface area is 210 Å². The molecule has 4 rings (SSSR count). The Morgan fingerprint density at radius 2 is 1.85 bits per heavy atom. The summed E-state index contributed by atoms with van der Waals surface area (Å²) >= 11 is 7.55. The number of nitrogens with one attached hydrogen (secondary N) is 1. The van der Waals surface area contributed by atoms with Crippen molar-refractivity contribution in [3.05, 3.63) is 41.0 Å². The number of piperazine rings is 1. The van der Waals surface area contributed by atoms with Crippen LogP contribution in [-0.4, -0.2) is 58.1 Å². The number of anilines is 2. The molecule has 2 heterocycles. The number of amides is 2. The van der Waals surface area contributed by atoms with Crippen molar-refractivity contribution in [2.45, 2.75) is 57.1 Å². The predicted molar refractivity (Wildman–Crippen MR) is 138 cm³/mol. The highest BCUT2D eigenvalue weighted by molar-refractivity contribution is 7.99. The lowest BCUT2D eigenvalue weighted by Gasteiger charge is -2.42. The third kappa shape index (κ3) is 6.42. The van der Waals surface area contributed by atoms with Crippen molar-refractivity contribution in [2.24, 2.45) is 5.92 Å². The Kier molecular flexibility index (Phi) is 8.32. The molecule has 9 heteroatoms. The second kappa shape index (κ2) is 11.4. The standard InChI is InChI=1S/C25H32ClN5O2S/c1-17-8-10-20(11-9-17)27-23(32)16-34-25-28-21(26)14-22(29-25)30-12-13-31(18(2)15-30)24(33)19-6-4-3-5-7-19/h8-11,14,18-19H,3-7,12-13,15-16H2,1-2H3,(H,27,32)/t18-/m0/s1. The second-order valence-electron chi connectivity index (χ2n) is 9.20. The Hall–Kier alpha value is -2.32. The van der Waals surface area contributed by atoms with E-state index in [1.165, 1.54) is 18.2 Å². The minimum Gasteiger partial charge on any atom is -0.353 e. The first-order chi connectivity index (χ1) is 16.4.